The molecular weight excluding hydrogens is 156 g/mol. The van der Waals surface area contributed by atoms with Crippen LogP contribution in [0.25, 0.3) is 0 Å². The molecule has 0 aromatic carbocycles. The second-order valence-corrected chi connectivity index (χ2v) is 3.54. The number of hydrogen-bond acceptors (Lipinski definition) is 3. The van der Waals surface area contributed by atoms with E-state index in [1.54, 1.807) is 0 Å². The average molecular weight is 172 g/mol. The minimum atomic E-state index is -0.759. The van der Waals surface area contributed by atoms with Gasteiger partial charge in [0.05, 0.1) is 12.2 Å². The van der Waals surface area contributed by atoms with Crippen molar-refractivity contribution in [3.05, 3.63) is 0 Å². The van der Waals surface area contributed by atoms with Crippen LogP contribution in [-0.2, 0) is 14.2 Å². The summed E-state index contributed by atoms with van der Waals surface area (Å²) in [5.41, 5.74) is 0. The smallest absolute Gasteiger partial charge is 0.280 e. The molecule has 12 heavy (non-hydrogen) atoms. The molecule has 1 saturated heterocycles. The summed E-state index contributed by atoms with van der Waals surface area (Å²) in [6, 6.07) is 0. The Kier molecular flexibility index (Phi) is 2.10. The highest BCUT2D eigenvalue weighted by Gasteiger charge is 2.47. The molecule has 3 heteroatoms. The van der Waals surface area contributed by atoms with Crippen LogP contribution in [0.15, 0.2) is 0 Å². The third-order valence-corrected chi connectivity index (χ3v) is 2.53. The molecule has 3 atom stereocenters. The van der Waals surface area contributed by atoms with Gasteiger partial charge in [-0.2, -0.15) is 0 Å². The molecule has 2 fully saturated rings. The normalized spacial score (nSPS) is 46.5. The molecule has 0 N–H and O–H groups in total. The first-order valence-electron chi connectivity index (χ1n) is 4.73. The Morgan fingerprint density at radius 2 is 1.92 bits per heavy atom. The van der Waals surface area contributed by atoms with Gasteiger partial charge in [0.1, 0.15) is 0 Å². The minimum absolute atomic E-state index is 0.279. The lowest BCUT2D eigenvalue weighted by atomic mass is 10.3. The third-order valence-electron chi connectivity index (χ3n) is 2.53. The standard InChI is InChI=1S/C9H16O3/c1-3-10-9(2)11-7-5-4-6-8(7)12-9/h7-8H,3-6H2,1-2H3/t7-,8+,9?. The lowest BCUT2D eigenvalue weighted by molar-refractivity contribution is -0.330. The molecule has 0 aromatic heterocycles. The van der Waals surface area contributed by atoms with Gasteiger partial charge in [0.25, 0.3) is 5.97 Å². The summed E-state index contributed by atoms with van der Waals surface area (Å²) in [7, 11) is 0. The fraction of sp³-hybridized carbons (Fsp3) is 1.00. The van der Waals surface area contributed by atoms with Crippen molar-refractivity contribution in [3.8, 4) is 0 Å². The summed E-state index contributed by atoms with van der Waals surface area (Å²) >= 11 is 0. The first kappa shape index (κ1) is 8.48. The molecule has 1 aliphatic carbocycles. The number of ether oxygens (including phenoxy) is 3. The van der Waals surface area contributed by atoms with Crippen molar-refractivity contribution in [2.75, 3.05) is 6.61 Å². The molecule has 2 aliphatic rings. The van der Waals surface area contributed by atoms with Crippen LogP contribution in [0.1, 0.15) is 33.1 Å². The van der Waals surface area contributed by atoms with E-state index in [1.807, 2.05) is 13.8 Å². The molecule has 1 saturated carbocycles. The number of fused-ring (bicyclic) bond motifs is 1. The van der Waals surface area contributed by atoms with Gasteiger partial charge in [-0.1, -0.05) is 0 Å². The Labute approximate surface area is 73.0 Å². The largest absolute Gasteiger partial charge is 0.328 e. The molecule has 1 heterocycles. The number of rotatable bonds is 2. The molecule has 0 radical (unpaired) electrons. The van der Waals surface area contributed by atoms with Gasteiger partial charge >= 0.3 is 0 Å². The summed E-state index contributed by atoms with van der Waals surface area (Å²) in [4.78, 5) is 0. The Bertz CT molecular complexity index is 157. The van der Waals surface area contributed by atoms with Gasteiger partial charge in [-0.3, -0.25) is 0 Å². The van der Waals surface area contributed by atoms with Crippen LogP contribution in [0.2, 0.25) is 0 Å². The Morgan fingerprint density at radius 3 is 2.42 bits per heavy atom. The van der Waals surface area contributed by atoms with E-state index >= 15 is 0 Å². The fourth-order valence-electron chi connectivity index (χ4n) is 2.07. The van der Waals surface area contributed by atoms with Gasteiger partial charge in [0.2, 0.25) is 0 Å². The summed E-state index contributed by atoms with van der Waals surface area (Å²) in [6.45, 7) is 4.44. The average Bonchev–Trinajstić information content (AvgIpc) is 2.45. The molecule has 3 nitrogen and oxygen atoms in total. The quantitative estimate of drug-likeness (QED) is 0.634. The van der Waals surface area contributed by atoms with E-state index in [-0.39, 0.29) is 12.2 Å². The minimum Gasteiger partial charge on any atom is -0.328 e. The maximum atomic E-state index is 5.67. The summed E-state index contributed by atoms with van der Waals surface area (Å²) < 4.78 is 16.7. The van der Waals surface area contributed by atoms with Crippen LogP contribution in [0.5, 0.6) is 0 Å². The monoisotopic (exact) mass is 172 g/mol. The molecule has 2 rings (SSSR count). The highest BCUT2D eigenvalue weighted by Crippen LogP contribution is 2.38. The molecular formula is C9H16O3. The van der Waals surface area contributed by atoms with Crippen LogP contribution in [0.4, 0.5) is 0 Å². The molecule has 0 aromatic rings. The van der Waals surface area contributed by atoms with Crippen molar-refractivity contribution in [3.63, 3.8) is 0 Å². The summed E-state index contributed by atoms with van der Waals surface area (Å²) in [6.07, 6.45) is 4.01. The van der Waals surface area contributed by atoms with E-state index < -0.39 is 5.97 Å². The van der Waals surface area contributed by atoms with Crippen molar-refractivity contribution in [2.45, 2.75) is 51.3 Å². The summed E-state index contributed by atoms with van der Waals surface area (Å²) in [5, 5.41) is 0. The molecule has 1 unspecified atom stereocenters. The molecule has 0 amide bonds. The second-order valence-electron chi connectivity index (χ2n) is 3.54. The maximum Gasteiger partial charge on any atom is 0.280 e. The van der Waals surface area contributed by atoms with Crippen LogP contribution in [0, 0.1) is 0 Å². The zero-order valence-corrected chi connectivity index (χ0v) is 7.71. The van der Waals surface area contributed by atoms with E-state index in [0.717, 1.165) is 12.8 Å². The van der Waals surface area contributed by atoms with E-state index in [4.69, 9.17) is 14.2 Å². The van der Waals surface area contributed by atoms with Gasteiger partial charge in [0, 0.05) is 13.5 Å². The predicted octanol–water partition coefficient (Wildman–Crippen LogP) is 1.66. The fourth-order valence-corrected chi connectivity index (χ4v) is 2.07. The lowest BCUT2D eigenvalue weighted by Crippen LogP contribution is -2.31. The van der Waals surface area contributed by atoms with Crippen LogP contribution >= 0.6 is 0 Å². The highest BCUT2D eigenvalue weighted by atomic mass is 16.9. The zero-order valence-electron chi connectivity index (χ0n) is 7.71. The van der Waals surface area contributed by atoms with Crippen molar-refractivity contribution < 1.29 is 14.2 Å². The van der Waals surface area contributed by atoms with Crippen LogP contribution in [-0.4, -0.2) is 24.8 Å². The van der Waals surface area contributed by atoms with Crippen molar-refractivity contribution in [1.82, 2.24) is 0 Å². The first-order valence-corrected chi connectivity index (χ1v) is 4.73. The van der Waals surface area contributed by atoms with Gasteiger partial charge in [-0.25, -0.2) is 0 Å². The van der Waals surface area contributed by atoms with E-state index in [0.29, 0.717) is 6.61 Å². The van der Waals surface area contributed by atoms with E-state index in [2.05, 4.69) is 0 Å². The SMILES string of the molecule is CCOC1(C)O[C@H]2CCC[C@H]2O1. The third kappa shape index (κ3) is 1.37. The second kappa shape index (κ2) is 2.98. The summed E-state index contributed by atoms with van der Waals surface area (Å²) in [5.74, 6) is -0.759. The highest BCUT2D eigenvalue weighted by molar-refractivity contribution is 4.85. The van der Waals surface area contributed by atoms with Gasteiger partial charge < -0.3 is 14.2 Å². The molecule has 0 spiro atoms. The molecule has 1 aliphatic heterocycles. The Morgan fingerprint density at radius 1 is 1.33 bits per heavy atom. The Hall–Kier alpha value is -0.120. The van der Waals surface area contributed by atoms with Gasteiger partial charge in [-0.15, -0.1) is 0 Å². The van der Waals surface area contributed by atoms with Gasteiger partial charge in [0.15, 0.2) is 0 Å². The van der Waals surface area contributed by atoms with Crippen LogP contribution < -0.4 is 0 Å². The molecule has 0 bridgehead atoms. The maximum absolute atomic E-state index is 5.67. The first-order chi connectivity index (χ1) is 5.73. The molecule has 70 valence electrons. The van der Waals surface area contributed by atoms with E-state index in [1.165, 1.54) is 6.42 Å². The topological polar surface area (TPSA) is 27.7 Å². The van der Waals surface area contributed by atoms with Crippen LogP contribution in [0.3, 0.4) is 0 Å². The van der Waals surface area contributed by atoms with Crippen molar-refractivity contribution in [1.29, 1.82) is 0 Å². The lowest BCUT2D eigenvalue weighted by Gasteiger charge is -2.23. The Balaban J connectivity index is 1.97. The van der Waals surface area contributed by atoms with Crippen molar-refractivity contribution in [2.24, 2.45) is 0 Å². The van der Waals surface area contributed by atoms with Crippen molar-refractivity contribution >= 4 is 0 Å². The predicted molar refractivity (Wildman–Crippen MR) is 43.6 cm³/mol. The zero-order chi connectivity index (χ0) is 8.60. The van der Waals surface area contributed by atoms with E-state index in [9.17, 15) is 0 Å². The number of hydrogen-bond donors (Lipinski definition) is 0. The van der Waals surface area contributed by atoms with Gasteiger partial charge in [-0.05, 0) is 26.2 Å².